The molecule has 130 valence electrons. The van der Waals surface area contributed by atoms with Crippen LogP contribution >= 0.6 is 0 Å². The van der Waals surface area contributed by atoms with Crippen molar-refractivity contribution in [2.24, 2.45) is 0 Å². The SMILES string of the molecule is Cc1ccc2c(N)c(Cc3c[c-]c4nc(C)ccc4c3N)c[c-]c2n1.[Y].[Y]. The quantitative estimate of drug-likeness (QED) is 0.322. The second-order valence-corrected chi connectivity index (χ2v) is 6.33. The molecule has 0 atom stereocenters. The number of rotatable bonds is 2. The standard InChI is InChI=1S/C21H18N4.2Y/c1-12-3-7-16-18(24-12)9-5-14(20(16)22)11-15-6-10-19-17(21(15)23)8-4-13(2)25-19;;/h3-8H,11,22-23H2,1-2H3;;/q-2;;. The van der Waals surface area contributed by atoms with E-state index in [0.717, 1.165) is 55.7 Å². The van der Waals surface area contributed by atoms with E-state index in [1.165, 1.54) is 0 Å². The first-order valence-electron chi connectivity index (χ1n) is 8.15. The largest absolute Gasteiger partial charge is 0.419 e. The third-order valence-electron chi connectivity index (χ3n) is 4.49. The maximum Gasteiger partial charge on any atom is 0.0344 e. The van der Waals surface area contributed by atoms with Gasteiger partial charge in [0.2, 0.25) is 0 Å². The summed E-state index contributed by atoms with van der Waals surface area (Å²) in [4.78, 5) is 8.95. The van der Waals surface area contributed by atoms with Crippen molar-refractivity contribution >= 4 is 33.2 Å². The fourth-order valence-electron chi connectivity index (χ4n) is 3.08. The van der Waals surface area contributed by atoms with Gasteiger partial charge in [0.15, 0.2) is 0 Å². The van der Waals surface area contributed by atoms with Gasteiger partial charge in [-0.25, -0.2) is 0 Å². The first-order chi connectivity index (χ1) is 12.0. The molecule has 0 aliphatic rings. The number of aryl methyl sites for hydroxylation is 2. The Balaban J connectivity index is 0.00000131. The number of hydrogen-bond donors (Lipinski definition) is 2. The van der Waals surface area contributed by atoms with Gasteiger partial charge in [0, 0.05) is 76.8 Å². The van der Waals surface area contributed by atoms with E-state index in [9.17, 15) is 0 Å². The summed E-state index contributed by atoms with van der Waals surface area (Å²) < 4.78 is 0. The summed E-state index contributed by atoms with van der Waals surface area (Å²) in [5, 5.41) is 1.84. The fraction of sp³-hybridized carbons (Fsp3) is 0.143. The van der Waals surface area contributed by atoms with Gasteiger partial charge in [-0.2, -0.15) is 24.3 Å². The normalized spacial score (nSPS) is 10.4. The Morgan fingerprint density at radius 2 is 1.15 bits per heavy atom. The Bertz CT molecular complexity index is 1040. The molecule has 2 aromatic carbocycles. The molecule has 4 rings (SSSR count). The number of hydrogen-bond acceptors (Lipinski definition) is 4. The number of nitrogen functional groups attached to an aromatic ring is 2. The summed E-state index contributed by atoms with van der Waals surface area (Å²) >= 11 is 0. The van der Waals surface area contributed by atoms with E-state index in [1.807, 2.05) is 50.2 Å². The number of aromatic nitrogens is 2. The summed E-state index contributed by atoms with van der Waals surface area (Å²) in [6.45, 7) is 3.91. The van der Waals surface area contributed by atoms with E-state index >= 15 is 0 Å². The molecule has 4 aromatic rings. The first kappa shape index (κ1) is 22.4. The van der Waals surface area contributed by atoms with Crippen LogP contribution in [0.5, 0.6) is 0 Å². The van der Waals surface area contributed by atoms with Crippen LogP contribution in [0.3, 0.4) is 0 Å². The molecular weight excluding hydrogens is 486 g/mol. The van der Waals surface area contributed by atoms with Gasteiger partial charge in [-0.3, -0.25) is 9.97 Å². The van der Waals surface area contributed by atoms with E-state index in [0.29, 0.717) is 6.42 Å². The number of nitrogens with two attached hydrogens (primary N) is 2. The van der Waals surface area contributed by atoms with Gasteiger partial charge in [-0.15, -0.1) is 23.3 Å². The summed E-state index contributed by atoms with van der Waals surface area (Å²) in [5.74, 6) is 0. The Labute approximate surface area is 209 Å². The van der Waals surface area contributed by atoms with Crippen LogP contribution in [-0.4, -0.2) is 9.97 Å². The average molecular weight is 504 g/mol. The minimum Gasteiger partial charge on any atom is -0.419 e. The molecule has 2 radical (unpaired) electrons. The van der Waals surface area contributed by atoms with Crippen molar-refractivity contribution < 1.29 is 65.4 Å². The van der Waals surface area contributed by atoms with Crippen molar-refractivity contribution in [3.63, 3.8) is 0 Å². The molecule has 2 aromatic heterocycles. The van der Waals surface area contributed by atoms with Gasteiger partial charge in [-0.05, 0) is 24.9 Å². The average Bonchev–Trinajstić information content (AvgIpc) is 2.59. The van der Waals surface area contributed by atoms with Gasteiger partial charge in [-0.1, -0.05) is 40.7 Å². The van der Waals surface area contributed by atoms with E-state index in [2.05, 4.69) is 22.1 Å². The van der Waals surface area contributed by atoms with Crippen molar-refractivity contribution in [1.29, 1.82) is 0 Å². The Hall–Kier alpha value is -0.932. The summed E-state index contributed by atoms with van der Waals surface area (Å²) in [6.07, 6.45) is 0.623. The molecule has 6 heteroatoms. The molecule has 0 fully saturated rings. The molecule has 0 saturated heterocycles. The zero-order chi connectivity index (χ0) is 17.6. The molecule has 0 aliphatic carbocycles. The van der Waals surface area contributed by atoms with E-state index in [1.54, 1.807) is 0 Å². The smallest absolute Gasteiger partial charge is 0.0344 e. The van der Waals surface area contributed by atoms with Gasteiger partial charge >= 0.3 is 0 Å². The zero-order valence-electron chi connectivity index (χ0n) is 15.4. The van der Waals surface area contributed by atoms with Gasteiger partial charge in [0.05, 0.1) is 0 Å². The van der Waals surface area contributed by atoms with E-state index in [4.69, 9.17) is 11.5 Å². The van der Waals surface area contributed by atoms with Crippen molar-refractivity contribution in [2.45, 2.75) is 20.3 Å². The Morgan fingerprint density at radius 1 is 0.741 bits per heavy atom. The zero-order valence-corrected chi connectivity index (χ0v) is 21.1. The van der Waals surface area contributed by atoms with Crippen LogP contribution in [0.1, 0.15) is 22.5 Å². The van der Waals surface area contributed by atoms with Crippen LogP contribution in [0, 0.1) is 26.0 Å². The maximum atomic E-state index is 6.38. The molecule has 0 saturated carbocycles. The van der Waals surface area contributed by atoms with Crippen LogP contribution in [0.25, 0.3) is 21.8 Å². The second-order valence-electron chi connectivity index (χ2n) is 6.33. The van der Waals surface area contributed by atoms with E-state index < -0.39 is 0 Å². The summed E-state index contributed by atoms with van der Waals surface area (Å²) in [6, 6.07) is 18.2. The maximum absolute atomic E-state index is 6.38. The van der Waals surface area contributed by atoms with Crippen LogP contribution in [0.2, 0.25) is 0 Å². The van der Waals surface area contributed by atoms with Crippen molar-refractivity contribution in [1.82, 2.24) is 9.97 Å². The number of nitrogens with zero attached hydrogens (tertiary/aromatic N) is 2. The summed E-state index contributed by atoms with van der Waals surface area (Å²) in [7, 11) is 0. The van der Waals surface area contributed by atoms with E-state index in [-0.39, 0.29) is 65.4 Å². The fourth-order valence-corrected chi connectivity index (χ4v) is 3.08. The van der Waals surface area contributed by atoms with Crippen LogP contribution in [0.15, 0.2) is 36.4 Å². The molecule has 4 N–H and O–H groups in total. The van der Waals surface area contributed by atoms with Crippen molar-refractivity contribution in [3.05, 3.63) is 71.0 Å². The second kappa shape index (κ2) is 9.04. The Kier molecular flexibility index (Phi) is 7.49. The number of benzene rings is 2. The molecule has 4 nitrogen and oxygen atoms in total. The van der Waals surface area contributed by atoms with Crippen LogP contribution < -0.4 is 11.5 Å². The minimum absolute atomic E-state index is 0. The van der Waals surface area contributed by atoms with Crippen molar-refractivity contribution in [2.75, 3.05) is 11.5 Å². The number of anilines is 2. The predicted octanol–water partition coefficient (Wildman–Crippen LogP) is 3.75. The minimum atomic E-state index is 0. The van der Waals surface area contributed by atoms with Gasteiger partial charge in [0.25, 0.3) is 0 Å². The van der Waals surface area contributed by atoms with Gasteiger partial charge in [0.1, 0.15) is 0 Å². The summed E-state index contributed by atoms with van der Waals surface area (Å²) in [5.41, 5.74) is 19.7. The number of fused-ring (bicyclic) bond motifs is 2. The molecule has 27 heavy (non-hydrogen) atoms. The van der Waals surface area contributed by atoms with Crippen LogP contribution in [-0.2, 0) is 71.8 Å². The molecule has 0 bridgehead atoms. The third kappa shape index (κ3) is 4.40. The molecule has 0 spiro atoms. The molecular formula is C21H18N4Y2-2. The Morgan fingerprint density at radius 3 is 1.56 bits per heavy atom. The molecule has 2 heterocycles. The third-order valence-corrected chi connectivity index (χ3v) is 4.49. The first-order valence-corrected chi connectivity index (χ1v) is 8.15. The van der Waals surface area contributed by atoms with Crippen LogP contribution in [0.4, 0.5) is 11.4 Å². The topological polar surface area (TPSA) is 77.8 Å². The number of pyridine rings is 2. The molecule has 0 unspecified atom stereocenters. The predicted molar refractivity (Wildman–Crippen MR) is 102 cm³/mol. The monoisotopic (exact) mass is 504 g/mol. The molecule has 0 amide bonds. The van der Waals surface area contributed by atoms with Crippen molar-refractivity contribution in [3.8, 4) is 0 Å². The molecule has 0 aliphatic heterocycles. The van der Waals surface area contributed by atoms with Gasteiger partial charge < -0.3 is 11.5 Å².